The van der Waals surface area contributed by atoms with E-state index in [0.717, 1.165) is 5.56 Å². The highest BCUT2D eigenvalue weighted by Gasteiger charge is 2.14. The van der Waals surface area contributed by atoms with Crippen molar-refractivity contribution in [1.82, 2.24) is 4.98 Å². The summed E-state index contributed by atoms with van der Waals surface area (Å²) in [6.45, 7) is 4.29. The van der Waals surface area contributed by atoms with Gasteiger partial charge >= 0.3 is 0 Å². The zero-order valence-corrected chi connectivity index (χ0v) is 14.3. The molecule has 0 amide bonds. The van der Waals surface area contributed by atoms with Crippen LogP contribution in [0.5, 0.6) is 0 Å². The fourth-order valence-corrected chi connectivity index (χ4v) is 2.94. The SMILES string of the molecule is CC(C)c1ccc(-c2cc(C(=O)Cl)c3cccc(Cl)c3n2)cc1. The molecule has 2 nitrogen and oxygen atoms in total. The van der Waals surface area contributed by atoms with Crippen LogP contribution < -0.4 is 0 Å². The van der Waals surface area contributed by atoms with Crippen molar-refractivity contribution in [1.29, 1.82) is 0 Å². The van der Waals surface area contributed by atoms with Gasteiger partial charge in [-0.1, -0.05) is 61.8 Å². The van der Waals surface area contributed by atoms with Crippen LogP contribution in [0.25, 0.3) is 22.2 Å². The normalized spacial score (nSPS) is 11.2. The summed E-state index contributed by atoms with van der Waals surface area (Å²) < 4.78 is 0. The van der Waals surface area contributed by atoms with Crippen molar-refractivity contribution in [3.63, 3.8) is 0 Å². The maximum atomic E-state index is 11.8. The van der Waals surface area contributed by atoms with Crippen molar-refractivity contribution in [3.05, 3.63) is 64.7 Å². The molecule has 0 bridgehead atoms. The Hall–Kier alpha value is -1.90. The fraction of sp³-hybridized carbons (Fsp3) is 0.158. The Bertz CT molecular complexity index is 886. The van der Waals surface area contributed by atoms with E-state index in [2.05, 4.69) is 31.0 Å². The quantitative estimate of drug-likeness (QED) is 0.541. The number of rotatable bonds is 3. The minimum absolute atomic E-state index is 0.419. The van der Waals surface area contributed by atoms with Crippen LogP contribution in [0.15, 0.2) is 48.5 Å². The van der Waals surface area contributed by atoms with E-state index >= 15 is 0 Å². The van der Waals surface area contributed by atoms with Gasteiger partial charge in [-0.25, -0.2) is 4.98 Å². The number of nitrogens with zero attached hydrogens (tertiary/aromatic N) is 1. The highest BCUT2D eigenvalue weighted by molar-refractivity contribution is 6.68. The van der Waals surface area contributed by atoms with Crippen molar-refractivity contribution in [2.24, 2.45) is 0 Å². The Kier molecular flexibility index (Phi) is 4.38. The Morgan fingerprint density at radius 3 is 2.39 bits per heavy atom. The van der Waals surface area contributed by atoms with E-state index < -0.39 is 5.24 Å². The summed E-state index contributed by atoms with van der Waals surface area (Å²) in [5.41, 5.74) is 3.87. The van der Waals surface area contributed by atoms with Gasteiger partial charge in [0.2, 0.25) is 0 Å². The summed E-state index contributed by atoms with van der Waals surface area (Å²) in [5.74, 6) is 0.461. The van der Waals surface area contributed by atoms with Gasteiger partial charge in [-0.15, -0.1) is 0 Å². The highest BCUT2D eigenvalue weighted by atomic mass is 35.5. The van der Waals surface area contributed by atoms with Crippen LogP contribution in [0.1, 0.15) is 35.7 Å². The Morgan fingerprint density at radius 1 is 1.09 bits per heavy atom. The van der Waals surface area contributed by atoms with E-state index in [1.54, 1.807) is 24.3 Å². The van der Waals surface area contributed by atoms with Crippen molar-refractivity contribution < 1.29 is 4.79 Å². The summed E-state index contributed by atoms with van der Waals surface area (Å²) in [5, 5.41) is 0.655. The first-order chi connectivity index (χ1) is 11.0. The molecule has 4 heteroatoms. The summed E-state index contributed by atoms with van der Waals surface area (Å²) >= 11 is 12.0. The standard InChI is InChI=1S/C19H15Cl2NO/c1-11(2)12-6-8-13(9-7-12)17-10-15(19(21)23)14-4-3-5-16(20)18(14)22-17/h3-11H,1-2H3. The predicted molar refractivity (Wildman–Crippen MR) is 96.5 cm³/mol. The lowest BCUT2D eigenvalue weighted by Gasteiger charge is -2.10. The maximum absolute atomic E-state index is 11.8. The predicted octanol–water partition coefficient (Wildman–Crippen LogP) is 6.06. The van der Waals surface area contributed by atoms with E-state index in [9.17, 15) is 4.79 Å². The number of aromatic nitrogens is 1. The molecule has 0 saturated carbocycles. The van der Waals surface area contributed by atoms with Gasteiger partial charge in [0, 0.05) is 16.5 Å². The molecule has 0 aliphatic rings. The number of fused-ring (bicyclic) bond motifs is 1. The molecular weight excluding hydrogens is 329 g/mol. The molecule has 2 aromatic carbocycles. The number of hydrogen-bond acceptors (Lipinski definition) is 2. The first kappa shape index (κ1) is 16.0. The maximum Gasteiger partial charge on any atom is 0.253 e. The molecule has 0 radical (unpaired) electrons. The van der Waals surface area contributed by atoms with Gasteiger partial charge in [-0.2, -0.15) is 0 Å². The van der Waals surface area contributed by atoms with Gasteiger partial charge < -0.3 is 0 Å². The minimum atomic E-state index is -0.514. The molecule has 0 unspecified atom stereocenters. The zero-order chi connectivity index (χ0) is 16.6. The van der Waals surface area contributed by atoms with E-state index in [1.165, 1.54) is 5.56 Å². The first-order valence-electron chi connectivity index (χ1n) is 7.37. The van der Waals surface area contributed by atoms with Gasteiger partial charge in [0.1, 0.15) is 0 Å². The van der Waals surface area contributed by atoms with Crippen LogP contribution in [0, 0.1) is 0 Å². The van der Waals surface area contributed by atoms with E-state index in [4.69, 9.17) is 23.2 Å². The summed E-state index contributed by atoms with van der Waals surface area (Å²) in [4.78, 5) is 16.4. The van der Waals surface area contributed by atoms with E-state index in [0.29, 0.717) is 33.1 Å². The summed E-state index contributed by atoms with van der Waals surface area (Å²) in [7, 11) is 0. The Balaban J connectivity index is 2.21. The molecule has 3 rings (SSSR count). The van der Waals surface area contributed by atoms with Crippen LogP contribution in [0.4, 0.5) is 0 Å². The third kappa shape index (κ3) is 3.10. The second kappa shape index (κ2) is 6.31. The van der Waals surface area contributed by atoms with Gasteiger partial charge in [0.25, 0.3) is 5.24 Å². The number of carbonyl (C=O) groups excluding carboxylic acids is 1. The van der Waals surface area contributed by atoms with Crippen LogP contribution in [0.3, 0.4) is 0 Å². The molecule has 0 aliphatic carbocycles. The Labute approximate surface area is 145 Å². The fourth-order valence-electron chi connectivity index (χ4n) is 2.56. The number of hydrogen-bond donors (Lipinski definition) is 0. The molecule has 0 saturated heterocycles. The van der Waals surface area contributed by atoms with Gasteiger partial charge in [-0.3, -0.25) is 4.79 Å². The number of para-hydroxylation sites is 1. The lowest BCUT2D eigenvalue weighted by atomic mass is 9.99. The van der Waals surface area contributed by atoms with Crippen LogP contribution in [-0.4, -0.2) is 10.2 Å². The zero-order valence-electron chi connectivity index (χ0n) is 12.8. The number of carbonyl (C=O) groups is 1. The number of halogens is 2. The van der Waals surface area contributed by atoms with Crippen molar-refractivity contribution >= 4 is 39.3 Å². The first-order valence-corrected chi connectivity index (χ1v) is 8.12. The van der Waals surface area contributed by atoms with E-state index in [-0.39, 0.29) is 0 Å². The van der Waals surface area contributed by atoms with Crippen LogP contribution >= 0.6 is 23.2 Å². The average Bonchev–Trinajstić information content (AvgIpc) is 2.54. The second-order valence-corrected chi connectivity index (χ2v) is 6.49. The highest BCUT2D eigenvalue weighted by Crippen LogP contribution is 2.30. The molecule has 0 atom stereocenters. The molecular formula is C19H15Cl2NO. The monoisotopic (exact) mass is 343 g/mol. The van der Waals surface area contributed by atoms with Crippen molar-refractivity contribution in [2.75, 3.05) is 0 Å². The molecule has 0 spiro atoms. The molecule has 0 aliphatic heterocycles. The molecule has 0 fully saturated rings. The van der Waals surface area contributed by atoms with E-state index in [1.807, 2.05) is 12.1 Å². The third-order valence-corrected chi connectivity index (χ3v) is 4.38. The minimum Gasteiger partial charge on any atom is -0.276 e. The summed E-state index contributed by atoms with van der Waals surface area (Å²) in [6, 6.07) is 15.2. The second-order valence-electron chi connectivity index (χ2n) is 5.74. The van der Waals surface area contributed by atoms with Crippen molar-refractivity contribution in [3.8, 4) is 11.3 Å². The lowest BCUT2D eigenvalue weighted by Crippen LogP contribution is -1.96. The van der Waals surface area contributed by atoms with Crippen LogP contribution in [0.2, 0.25) is 5.02 Å². The molecule has 1 heterocycles. The molecule has 0 N–H and O–H groups in total. The largest absolute Gasteiger partial charge is 0.276 e. The number of pyridine rings is 1. The van der Waals surface area contributed by atoms with Gasteiger partial charge in [0.05, 0.1) is 16.2 Å². The Morgan fingerprint density at radius 2 is 1.78 bits per heavy atom. The third-order valence-electron chi connectivity index (χ3n) is 3.88. The lowest BCUT2D eigenvalue weighted by molar-refractivity contribution is 0.108. The molecule has 116 valence electrons. The molecule has 3 aromatic rings. The van der Waals surface area contributed by atoms with Crippen molar-refractivity contribution in [2.45, 2.75) is 19.8 Å². The van der Waals surface area contributed by atoms with Crippen LogP contribution in [-0.2, 0) is 0 Å². The smallest absolute Gasteiger partial charge is 0.253 e. The topological polar surface area (TPSA) is 30.0 Å². The van der Waals surface area contributed by atoms with Gasteiger partial charge in [0.15, 0.2) is 0 Å². The molecule has 1 aromatic heterocycles. The van der Waals surface area contributed by atoms with Gasteiger partial charge in [-0.05, 0) is 35.2 Å². The average molecular weight is 344 g/mol. The molecule has 23 heavy (non-hydrogen) atoms. The summed E-state index contributed by atoms with van der Waals surface area (Å²) in [6.07, 6.45) is 0. The number of benzene rings is 2.